The SMILES string of the molecule is COc1ccc(NC(=O)c2ccccc2)cc1C. The first kappa shape index (κ1) is 12.2. The van der Waals surface area contributed by atoms with E-state index in [9.17, 15) is 4.79 Å². The number of carbonyl (C=O) groups is 1. The van der Waals surface area contributed by atoms with Crippen LogP contribution in [0.1, 0.15) is 15.9 Å². The molecule has 0 unspecified atom stereocenters. The summed E-state index contributed by atoms with van der Waals surface area (Å²) in [5.74, 6) is 0.702. The first-order valence-electron chi connectivity index (χ1n) is 5.72. The molecular formula is C15H15NO2. The molecule has 0 radical (unpaired) electrons. The average Bonchev–Trinajstić information content (AvgIpc) is 2.40. The smallest absolute Gasteiger partial charge is 0.255 e. The fraction of sp³-hybridized carbons (Fsp3) is 0.133. The van der Waals surface area contributed by atoms with Gasteiger partial charge < -0.3 is 10.1 Å². The molecule has 0 spiro atoms. The predicted molar refractivity (Wildman–Crippen MR) is 72.1 cm³/mol. The van der Waals surface area contributed by atoms with Crippen LogP contribution in [0.25, 0.3) is 0 Å². The van der Waals surface area contributed by atoms with E-state index in [1.54, 1.807) is 19.2 Å². The van der Waals surface area contributed by atoms with Crippen LogP contribution >= 0.6 is 0 Å². The number of hydrogen-bond acceptors (Lipinski definition) is 2. The Morgan fingerprint density at radius 3 is 2.44 bits per heavy atom. The van der Waals surface area contributed by atoms with Crippen molar-refractivity contribution in [1.82, 2.24) is 0 Å². The zero-order chi connectivity index (χ0) is 13.0. The average molecular weight is 241 g/mol. The van der Waals surface area contributed by atoms with Crippen molar-refractivity contribution in [2.24, 2.45) is 0 Å². The number of benzene rings is 2. The van der Waals surface area contributed by atoms with Gasteiger partial charge >= 0.3 is 0 Å². The van der Waals surface area contributed by atoms with Gasteiger partial charge in [0, 0.05) is 11.3 Å². The van der Waals surface area contributed by atoms with Crippen molar-refractivity contribution in [2.75, 3.05) is 12.4 Å². The highest BCUT2D eigenvalue weighted by Crippen LogP contribution is 2.21. The van der Waals surface area contributed by atoms with Crippen LogP contribution in [0, 0.1) is 6.92 Å². The summed E-state index contributed by atoms with van der Waals surface area (Å²) in [5.41, 5.74) is 2.40. The van der Waals surface area contributed by atoms with Gasteiger partial charge in [0.15, 0.2) is 0 Å². The van der Waals surface area contributed by atoms with E-state index in [0.29, 0.717) is 5.56 Å². The maximum atomic E-state index is 11.9. The molecule has 0 saturated carbocycles. The van der Waals surface area contributed by atoms with E-state index in [0.717, 1.165) is 17.0 Å². The molecule has 0 aliphatic rings. The lowest BCUT2D eigenvalue weighted by molar-refractivity contribution is 0.102. The van der Waals surface area contributed by atoms with E-state index in [1.807, 2.05) is 43.3 Å². The highest BCUT2D eigenvalue weighted by molar-refractivity contribution is 6.04. The Kier molecular flexibility index (Phi) is 3.63. The summed E-state index contributed by atoms with van der Waals surface area (Å²) >= 11 is 0. The lowest BCUT2D eigenvalue weighted by atomic mass is 10.1. The number of aryl methyl sites for hydroxylation is 1. The predicted octanol–water partition coefficient (Wildman–Crippen LogP) is 3.26. The van der Waals surface area contributed by atoms with E-state index in [2.05, 4.69) is 5.32 Å². The second-order valence-electron chi connectivity index (χ2n) is 4.00. The van der Waals surface area contributed by atoms with Gasteiger partial charge in [-0.1, -0.05) is 18.2 Å². The minimum absolute atomic E-state index is 0.111. The molecule has 92 valence electrons. The number of hydrogen-bond donors (Lipinski definition) is 1. The van der Waals surface area contributed by atoms with Crippen LogP contribution in [-0.2, 0) is 0 Å². The van der Waals surface area contributed by atoms with Crippen LogP contribution in [0.3, 0.4) is 0 Å². The first-order chi connectivity index (χ1) is 8.70. The van der Waals surface area contributed by atoms with Crippen molar-refractivity contribution in [3.8, 4) is 5.75 Å². The highest BCUT2D eigenvalue weighted by atomic mass is 16.5. The Balaban J connectivity index is 2.15. The number of amides is 1. The van der Waals surface area contributed by atoms with Crippen molar-refractivity contribution in [1.29, 1.82) is 0 Å². The Morgan fingerprint density at radius 2 is 1.83 bits per heavy atom. The third-order valence-corrected chi connectivity index (χ3v) is 2.69. The highest BCUT2D eigenvalue weighted by Gasteiger charge is 2.06. The van der Waals surface area contributed by atoms with Crippen molar-refractivity contribution >= 4 is 11.6 Å². The van der Waals surface area contributed by atoms with Gasteiger partial charge in [0.05, 0.1) is 7.11 Å². The van der Waals surface area contributed by atoms with Gasteiger partial charge in [0.25, 0.3) is 5.91 Å². The molecule has 0 aromatic heterocycles. The van der Waals surface area contributed by atoms with E-state index < -0.39 is 0 Å². The van der Waals surface area contributed by atoms with Gasteiger partial charge in [-0.15, -0.1) is 0 Å². The van der Waals surface area contributed by atoms with Crippen LogP contribution < -0.4 is 10.1 Å². The van der Waals surface area contributed by atoms with Crippen molar-refractivity contribution in [2.45, 2.75) is 6.92 Å². The number of methoxy groups -OCH3 is 1. The molecular weight excluding hydrogens is 226 g/mol. The number of carbonyl (C=O) groups excluding carboxylic acids is 1. The summed E-state index contributed by atoms with van der Waals surface area (Å²) < 4.78 is 5.18. The van der Waals surface area contributed by atoms with Crippen molar-refractivity contribution in [3.63, 3.8) is 0 Å². The molecule has 1 N–H and O–H groups in total. The number of nitrogens with one attached hydrogen (secondary N) is 1. The lowest BCUT2D eigenvalue weighted by Gasteiger charge is -2.09. The molecule has 0 bridgehead atoms. The maximum Gasteiger partial charge on any atom is 0.255 e. The number of anilines is 1. The number of ether oxygens (including phenoxy) is 1. The minimum atomic E-state index is -0.111. The van der Waals surface area contributed by atoms with Crippen molar-refractivity contribution in [3.05, 3.63) is 59.7 Å². The zero-order valence-corrected chi connectivity index (χ0v) is 10.4. The number of rotatable bonds is 3. The summed E-state index contributed by atoms with van der Waals surface area (Å²) in [6.07, 6.45) is 0. The Bertz CT molecular complexity index is 550. The fourth-order valence-electron chi connectivity index (χ4n) is 1.75. The summed E-state index contributed by atoms with van der Waals surface area (Å²) in [4.78, 5) is 11.9. The molecule has 2 rings (SSSR count). The Labute approximate surface area is 106 Å². The molecule has 2 aromatic rings. The van der Waals surface area contributed by atoms with Gasteiger partial charge in [0.2, 0.25) is 0 Å². The second kappa shape index (κ2) is 5.36. The van der Waals surface area contributed by atoms with E-state index in [-0.39, 0.29) is 5.91 Å². The normalized spacial score (nSPS) is 9.89. The molecule has 3 nitrogen and oxygen atoms in total. The fourth-order valence-corrected chi connectivity index (χ4v) is 1.75. The molecule has 3 heteroatoms. The zero-order valence-electron chi connectivity index (χ0n) is 10.4. The van der Waals surface area contributed by atoms with Gasteiger partial charge in [-0.05, 0) is 42.8 Å². The van der Waals surface area contributed by atoms with E-state index in [1.165, 1.54) is 0 Å². The van der Waals surface area contributed by atoms with E-state index in [4.69, 9.17) is 4.74 Å². The summed E-state index contributed by atoms with van der Waals surface area (Å²) in [5, 5.41) is 2.86. The molecule has 2 aromatic carbocycles. The topological polar surface area (TPSA) is 38.3 Å². The standard InChI is InChI=1S/C15H15NO2/c1-11-10-13(8-9-14(11)18-2)16-15(17)12-6-4-3-5-7-12/h3-10H,1-2H3,(H,16,17). The third-order valence-electron chi connectivity index (χ3n) is 2.69. The van der Waals surface area contributed by atoms with Gasteiger partial charge in [-0.3, -0.25) is 4.79 Å². The quantitative estimate of drug-likeness (QED) is 0.895. The van der Waals surface area contributed by atoms with Gasteiger partial charge in [-0.25, -0.2) is 0 Å². The molecule has 1 amide bonds. The molecule has 0 saturated heterocycles. The molecule has 0 fully saturated rings. The minimum Gasteiger partial charge on any atom is -0.496 e. The first-order valence-corrected chi connectivity index (χ1v) is 5.72. The molecule has 0 aliphatic heterocycles. The van der Waals surface area contributed by atoms with Crippen LogP contribution in [0.4, 0.5) is 5.69 Å². The van der Waals surface area contributed by atoms with E-state index >= 15 is 0 Å². The summed E-state index contributed by atoms with van der Waals surface area (Å²) in [6, 6.07) is 14.7. The molecule has 0 atom stereocenters. The van der Waals surface area contributed by atoms with Crippen LogP contribution in [0.2, 0.25) is 0 Å². The van der Waals surface area contributed by atoms with Crippen molar-refractivity contribution < 1.29 is 9.53 Å². The second-order valence-corrected chi connectivity index (χ2v) is 4.00. The maximum absolute atomic E-state index is 11.9. The van der Waals surface area contributed by atoms with Gasteiger partial charge in [-0.2, -0.15) is 0 Å². The molecule has 0 aliphatic carbocycles. The molecule has 18 heavy (non-hydrogen) atoms. The summed E-state index contributed by atoms with van der Waals surface area (Å²) in [6.45, 7) is 1.94. The van der Waals surface area contributed by atoms with Crippen LogP contribution in [-0.4, -0.2) is 13.0 Å². The van der Waals surface area contributed by atoms with Gasteiger partial charge in [0.1, 0.15) is 5.75 Å². The Morgan fingerprint density at radius 1 is 1.11 bits per heavy atom. The molecule has 0 heterocycles. The summed E-state index contributed by atoms with van der Waals surface area (Å²) in [7, 11) is 1.63. The van der Waals surface area contributed by atoms with Crippen LogP contribution in [0.15, 0.2) is 48.5 Å². The Hall–Kier alpha value is -2.29. The largest absolute Gasteiger partial charge is 0.496 e. The monoisotopic (exact) mass is 241 g/mol. The third kappa shape index (κ3) is 2.69. The van der Waals surface area contributed by atoms with Crippen LogP contribution in [0.5, 0.6) is 5.75 Å². The lowest BCUT2D eigenvalue weighted by Crippen LogP contribution is -2.11.